The maximum atomic E-state index is 12.0. The molecule has 108 valence electrons. The lowest BCUT2D eigenvalue weighted by molar-refractivity contribution is 0.0895. The van der Waals surface area contributed by atoms with E-state index in [9.17, 15) is 4.79 Å². The molecule has 19 heavy (non-hydrogen) atoms. The molecule has 0 radical (unpaired) electrons. The van der Waals surface area contributed by atoms with Crippen molar-refractivity contribution in [2.75, 3.05) is 0 Å². The highest BCUT2D eigenvalue weighted by Gasteiger charge is 2.34. The number of halogens is 2. The lowest BCUT2D eigenvalue weighted by Gasteiger charge is -2.29. The van der Waals surface area contributed by atoms with Crippen LogP contribution in [-0.2, 0) is 0 Å². The molecule has 2 fully saturated rings. The molecule has 2 atom stereocenters. The van der Waals surface area contributed by atoms with Gasteiger partial charge in [0.25, 0.3) is 5.91 Å². The van der Waals surface area contributed by atoms with E-state index in [-0.39, 0.29) is 36.8 Å². The summed E-state index contributed by atoms with van der Waals surface area (Å²) in [6.45, 7) is 1.78. The van der Waals surface area contributed by atoms with Crippen LogP contribution in [-0.4, -0.2) is 29.0 Å². The summed E-state index contributed by atoms with van der Waals surface area (Å²) in [5, 5.41) is 6.60. The van der Waals surface area contributed by atoms with E-state index in [1.165, 1.54) is 19.2 Å². The molecule has 2 unspecified atom stereocenters. The molecule has 0 aliphatic carbocycles. The Morgan fingerprint density at radius 3 is 2.53 bits per heavy atom. The van der Waals surface area contributed by atoms with Gasteiger partial charge in [-0.3, -0.25) is 4.79 Å². The van der Waals surface area contributed by atoms with Crippen molar-refractivity contribution in [3.63, 3.8) is 0 Å². The zero-order chi connectivity index (χ0) is 11.8. The number of nitrogens with one attached hydrogen (secondary N) is 2. The van der Waals surface area contributed by atoms with Crippen LogP contribution >= 0.6 is 24.8 Å². The second kappa shape index (κ2) is 6.59. The smallest absolute Gasteiger partial charge is 0.289 e. The Balaban J connectivity index is 0.000000902. The quantitative estimate of drug-likeness (QED) is 0.875. The third-order valence-electron chi connectivity index (χ3n) is 3.76. The number of hydrogen-bond donors (Lipinski definition) is 2. The van der Waals surface area contributed by atoms with Crippen LogP contribution in [0.25, 0.3) is 0 Å². The average Bonchev–Trinajstić information content (AvgIpc) is 2.85. The fraction of sp³-hybridized carbons (Fsp3) is 0.667. The van der Waals surface area contributed by atoms with Crippen LogP contribution < -0.4 is 10.6 Å². The first-order valence-electron chi connectivity index (χ1n) is 6.19. The number of fused-ring (bicyclic) bond motifs is 2. The third-order valence-corrected chi connectivity index (χ3v) is 3.76. The van der Waals surface area contributed by atoms with Gasteiger partial charge < -0.3 is 15.1 Å². The summed E-state index contributed by atoms with van der Waals surface area (Å²) < 4.78 is 5.10. The van der Waals surface area contributed by atoms with Crippen molar-refractivity contribution >= 4 is 30.7 Å². The molecular weight excluding hydrogens is 289 g/mol. The molecule has 1 aromatic heterocycles. The highest BCUT2D eigenvalue weighted by atomic mass is 35.5. The summed E-state index contributed by atoms with van der Waals surface area (Å²) in [7, 11) is 0. The molecular formula is C12H19Cl2N3O2. The summed E-state index contributed by atoms with van der Waals surface area (Å²) >= 11 is 0. The number of amides is 1. The summed E-state index contributed by atoms with van der Waals surface area (Å²) in [5.41, 5.74) is 0.652. The normalized spacial score (nSPS) is 28.2. The Morgan fingerprint density at radius 2 is 2.00 bits per heavy atom. The number of piperidine rings is 1. The minimum absolute atomic E-state index is 0. The molecule has 3 heterocycles. The van der Waals surface area contributed by atoms with Crippen molar-refractivity contribution in [3.05, 3.63) is 17.8 Å². The van der Waals surface area contributed by atoms with Crippen LogP contribution in [0.2, 0.25) is 0 Å². The number of aromatic nitrogens is 1. The lowest BCUT2D eigenvalue weighted by atomic mass is 10.00. The first-order valence-corrected chi connectivity index (χ1v) is 6.19. The molecule has 0 saturated carbocycles. The Bertz CT molecular complexity index is 426. The Labute approximate surface area is 124 Å². The van der Waals surface area contributed by atoms with Crippen molar-refractivity contribution in [3.8, 4) is 0 Å². The maximum Gasteiger partial charge on any atom is 0.289 e. The monoisotopic (exact) mass is 307 g/mol. The van der Waals surface area contributed by atoms with Crippen molar-refractivity contribution in [1.82, 2.24) is 15.6 Å². The van der Waals surface area contributed by atoms with E-state index in [2.05, 4.69) is 15.6 Å². The van der Waals surface area contributed by atoms with Gasteiger partial charge in [-0.05, 0) is 32.6 Å². The van der Waals surface area contributed by atoms with Crippen molar-refractivity contribution in [2.45, 2.75) is 50.7 Å². The van der Waals surface area contributed by atoms with Crippen LogP contribution in [0.1, 0.15) is 41.9 Å². The molecule has 7 heteroatoms. The maximum absolute atomic E-state index is 12.0. The standard InChI is InChI=1S/C12H17N3O2.2ClH/c1-7-11(17-6-13-7)12(16)15-10-4-8-2-3-9(5-10)14-8;;/h6,8-10,14H,2-5H2,1H3,(H,15,16);2*1H. The topological polar surface area (TPSA) is 67.2 Å². The molecule has 0 aromatic carbocycles. The molecule has 2 aliphatic rings. The molecule has 2 aliphatic heterocycles. The van der Waals surface area contributed by atoms with E-state index < -0.39 is 0 Å². The number of aryl methyl sites for hydroxylation is 1. The average molecular weight is 308 g/mol. The minimum Gasteiger partial charge on any atom is -0.438 e. The SMILES string of the molecule is Cc1ncoc1C(=O)NC1CC2CCC(C1)N2.Cl.Cl. The van der Waals surface area contributed by atoms with E-state index in [4.69, 9.17) is 4.42 Å². The van der Waals surface area contributed by atoms with Gasteiger partial charge in [-0.1, -0.05) is 0 Å². The molecule has 0 spiro atoms. The van der Waals surface area contributed by atoms with E-state index in [1.807, 2.05) is 0 Å². The van der Waals surface area contributed by atoms with Crippen LogP contribution in [0.5, 0.6) is 0 Å². The van der Waals surface area contributed by atoms with Gasteiger partial charge in [-0.25, -0.2) is 4.98 Å². The van der Waals surface area contributed by atoms with Gasteiger partial charge in [0.05, 0.1) is 5.69 Å². The fourth-order valence-corrected chi connectivity index (χ4v) is 2.95. The van der Waals surface area contributed by atoms with Crippen molar-refractivity contribution in [1.29, 1.82) is 0 Å². The number of hydrogen-bond acceptors (Lipinski definition) is 4. The largest absolute Gasteiger partial charge is 0.438 e. The van der Waals surface area contributed by atoms with Gasteiger partial charge in [0.1, 0.15) is 0 Å². The predicted octanol–water partition coefficient (Wildman–Crippen LogP) is 1.84. The highest BCUT2D eigenvalue weighted by molar-refractivity contribution is 5.92. The van der Waals surface area contributed by atoms with Crippen LogP contribution in [0.3, 0.4) is 0 Å². The van der Waals surface area contributed by atoms with Crippen molar-refractivity contribution in [2.24, 2.45) is 0 Å². The molecule has 2 saturated heterocycles. The third kappa shape index (κ3) is 3.41. The summed E-state index contributed by atoms with van der Waals surface area (Å²) in [4.78, 5) is 15.9. The Hall–Kier alpha value is -0.780. The molecule has 5 nitrogen and oxygen atoms in total. The number of nitrogens with zero attached hydrogens (tertiary/aromatic N) is 1. The first kappa shape index (κ1) is 16.3. The number of rotatable bonds is 2. The Kier molecular flexibility index (Phi) is 5.64. The molecule has 2 N–H and O–H groups in total. The Morgan fingerprint density at radius 1 is 1.37 bits per heavy atom. The predicted molar refractivity (Wildman–Crippen MR) is 76.2 cm³/mol. The first-order chi connectivity index (χ1) is 8.22. The fourth-order valence-electron chi connectivity index (χ4n) is 2.95. The molecule has 1 aromatic rings. The molecule has 3 rings (SSSR count). The molecule has 1 amide bonds. The van der Waals surface area contributed by atoms with Gasteiger partial charge >= 0.3 is 0 Å². The van der Waals surface area contributed by atoms with Gasteiger partial charge in [-0.2, -0.15) is 0 Å². The minimum atomic E-state index is -0.133. The zero-order valence-electron chi connectivity index (χ0n) is 10.7. The van der Waals surface area contributed by atoms with Crippen LogP contribution in [0, 0.1) is 6.92 Å². The van der Waals surface area contributed by atoms with Gasteiger partial charge in [-0.15, -0.1) is 24.8 Å². The van der Waals surface area contributed by atoms with E-state index in [0.717, 1.165) is 12.8 Å². The van der Waals surface area contributed by atoms with Gasteiger partial charge in [0, 0.05) is 18.1 Å². The van der Waals surface area contributed by atoms with Crippen LogP contribution in [0.4, 0.5) is 0 Å². The highest BCUT2D eigenvalue weighted by Crippen LogP contribution is 2.26. The lowest BCUT2D eigenvalue weighted by Crippen LogP contribution is -2.48. The molecule has 2 bridgehead atoms. The van der Waals surface area contributed by atoms with Crippen molar-refractivity contribution < 1.29 is 9.21 Å². The second-order valence-electron chi connectivity index (χ2n) is 5.05. The summed E-state index contributed by atoms with van der Waals surface area (Å²) in [6, 6.07) is 1.43. The second-order valence-corrected chi connectivity index (χ2v) is 5.05. The van der Waals surface area contributed by atoms with E-state index in [1.54, 1.807) is 6.92 Å². The van der Waals surface area contributed by atoms with E-state index in [0.29, 0.717) is 23.5 Å². The number of carbonyl (C=O) groups is 1. The summed E-state index contributed by atoms with van der Waals surface area (Å²) in [6.07, 6.45) is 5.83. The van der Waals surface area contributed by atoms with Gasteiger partial charge in [0.15, 0.2) is 6.39 Å². The van der Waals surface area contributed by atoms with E-state index >= 15 is 0 Å². The van der Waals surface area contributed by atoms with Crippen LogP contribution in [0.15, 0.2) is 10.8 Å². The number of carbonyl (C=O) groups excluding carboxylic acids is 1. The number of oxazole rings is 1. The van der Waals surface area contributed by atoms with Gasteiger partial charge in [0.2, 0.25) is 5.76 Å². The summed E-state index contributed by atoms with van der Waals surface area (Å²) in [5.74, 6) is 0.210. The zero-order valence-corrected chi connectivity index (χ0v) is 12.4.